The second kappa shape index (κ2) is 6.04. The number of halogens is 1. The van der Waals surface area contributed by atoms with Gasteiger partial charge in [0, 0.05) is 37.2 Å². The van der Waals surface area contributed by atoms with Gasteiger partial charge in [-0.15, -0.1) is 0 Å². The molecule has 20 heavy (non-hydrogen) atoms. The Bertz CT molecular complexity index is 736. The minimum Gasteiger partial charge on any atom is -0.398 e. The van der Waals surface area contributed by atoms with Crippen molar-refractivity contribution in [3.63, 3.8) is 0 Å². The SMILES string of the molecule is Cc1ncc(Br)c(=O)n1CCCn1cc(N)ccc1=O. The topological polar surface area (TPSA) is 82.9 Å². The van der Waals surface area contributed by atoms with E-state index in [4.69, 9.17) is 5.73 Å². The molecule has 7 heteroatoms. The molecule has 2 rings (SSSR count). The number of nitrogen functional groups attached to an aromatic ring is 1. The third kappa shape index (κ3) is 3.16. The van der Waals surface area contributed by atoms with Crippen LogP contribution >= 0.6 is 15.9 Å². The summed E-state index contributed by atoms with van der Waals surface area (Å²) >= 11 is 3.17. The molecule has 2 heterocycles. The second-order valence-electron chi connectivity index (χ2n) is 4.46. The van der Waals surface area contributed by atoms with Gasteiger partial charge in [-0.05, 0) is 35.3 Å². The number of hydrogen-bond donors (Lipinski definition) is 1. The standard InChI is InChI=1S/C13H15BrN4O2/c1-9-16-7-11(14)13(20)18(9)6-2-5-17-8-10(15)3-4-12(17)19/h3-4,7-8H,2,5-6,15H2,1H3. The van der Waals surface area contributed by atoms with Crippen molar-refractivity contribution in [3.05, 3.63) is 55.5 Å². The fourth-order valence-electron chi connectivity index (χ4n) is 1.94. The number of aryl methyl sites for hydroxylation is 2. The molecular formula is C13H15BrN4O2. The smallest absolute Gasteiger partial charge is 0.267 e. The molecule has 0 amide bonds. The fourth-order valence-corrected chi connectivity index (χ4v) is 2.25. The summed E-state index contributed by atoms with van der Waals surface area (Å²) in [5.74, 6) is 0.651. The first-order valence-electron chi connectivity index (χ1n) is 6.17. The number of anilines is 1. The van der Waals surface area contributed by atoms with E-state index in [1.54, 1.807) is 28.3 Å². The minimum absolute atomic E-state index is 0.101. The van der Waals surface area contributed by atoms with Gasteiger partial charge in [-0.25, -0.2) is 4.98 Å². The van der Waals surface area contributed by atoms with Crippen LogP contribution in [0.25, 0.3) is 0 Å². The summed E-state index contributed by atoms with van der Waals surface area (Å²) in [5.41, 5.74) is 5.98. The van der Waals surface area contributed by atoms with E-state index in [0.717, 1.165) is 0 Å². The van der Waals surface area contributed by atoms with Crippen LogP contribution in [0.15, 0.2) is 38.6 Å². The average molecular weight is 339 g/mol. The number of nitrogens with zero attached hydrogens (tertiary/aromatic N) is 3. The van der Waals surface area contributed by atoms with Crippen molar-refractivity contribution in [2.45, 2.75) is 26.4 Å². The van der Waals surface area contributed by atoms with Crippen LogP contribution in [-0.2, 0) is 13.1 Å². The van der Waals surface area contributed by atoms with Crippen LogP contribution in [0.1, 0.15) is 12.2 Å². The van der Waals surface area contributed by atoms with Gasteiger partial charge in [0.2, 0.25) is 0 Å². The highest BCUT2D eigenvalue weighted by Crippen LogP contribution is 2.03. The predicted octanol–water partition coefficient (Wildman–Crippen LogP) is 1.15. The molecule has 0 bridgehead atoms. The lowest BCUT2D eigenvalue weighted by molar-refractivity contribution is 0.528. The van der Waals surface area contributed by atoms with Crippen LogP contribution in [0.2, 0.25) is 0 Å². The van der Waals surface area contributed by atoms with Crippen LogP contribution in [0.4, 0.5) is 5.69 Å². The highest BCUT2D eigenvalue weighted by Gasteiger charge is 2.05. The van der Waals surface area contributed by atoms with Gasteiger partial charge in [0.1, 0.15) is 10.3 Å². The van der Waals surface area contributed by atoms with Crippen LogP contribution in [-0.4, -0.2) is 14.1 Å². The van der Waals surface area contributed by atoms with Gasteiger partial charge < -0.3 is 10.3 Å². The predicted molar refractivity (Wildman–Crippen MR) is 80.7 cm³/mol. The third-order valence-electron chi connectivity index (χ3n) is 2.99. The van der Waals surface area contributed by atoms with Crippen molar-refractivity contribution in [2.75, 3.05) is 5.73 Å². The van der Waals surface area contributed by atoms with Crippen molar-refractivity contribution in [2.24, 2.45) is 0 Å². The van der Waals surface area contributed by atoms with E-state index in [1.807, 2.05) is 0 Å². The second-order valence-corrected chi connectivity index (χ2v) is 5.31. The Balaban J connectivity index is 2.11. The summed E-state index contributed by atoms with van der Waals surface area (Å²) in [6.07, 6.45) is 3.75. The molecule has 0 aromatic carbocycles. The molecule has 2 aromatic heterocycles. The van der Waals surface area contributed by atoms with Gasteiger partial charge in [0.05, 0.1) is 0 Å². The Kier molecular flexibility index (Phi) is 4.39. The van der Waals surface area contributed by atoms with Gasteiger partial charge in [0.25, 0.3) is 11.1 Å². The van der Waals surface area contributed by atoms with Gasteiger partial charge in [-0.2, -0.15) is 0 Å². The van der Waals surface area contributed by atoms with E-state index in [9.17, 15) is 9.59 Å². The van der Waals surface area contributed by atoms with Crippen LogP contribution in [0.5, 0.6) is 0 Å². The van der Waals surface area contributed by atoms with Crippen molar-refractivity contribution in [1.29, 1.82) is 0 Å². The zero-order valence-corrected chi connectivity index (χ0v) is 12.6. The maximum Gasteiger partial charge on any atom is 0.267 e. The molecule has 0 atom stereocenters. The molecule has 0 radical (unpaired) electrons. The maximum absolute atomic E-state index is 11.9. The van der Waals surface area contributed by atoms with E-state index in [0.29, 0.717) is 35.5 Å². The molecule has 0 unspecified atom stereocenters. The van der Waals surface area contributed by atoms with Gasteiger partial charge in [0.15, 0.2) is 0 Å². The maximum atomic E-state index is 11.9. The quantitative estimate of drug-likeness (QED) is 0.906. The van der Waals surface area contributed by atoms with Crippen LogP contribution in [0, 0.1) is 6.92 Å². The Morgan fingerprint density at radius 1 is 1.30 bits per heavy atom. The largest absolute Gasteiger partial charge is 0.398 e. The number of rotatable bonds is 4. The van der Waals surface area contributed by atoms with Gasteiger partial charge in [-0.3, -0.25) is 14.2 Å². The molecular weight excluding hydrogens is 324 g/mol. The van der Waals surface area contributed by atoms with Gasteiger partial charge in [-0.1, -0.05) is 0 Å². The first-order valence-corrected chi connectivity index (χ1v) is 6.96. The molecule has 0 saturated carbocycles. The number of hydrogen-bond acceptors (Lipinski definition) is 4. The van der Waals surface area contributed by atoms with Crippen LogP contribution < -0.4 is 16.9 Å². The summed E-state index contributed by atoms with van der Waals surface area (Å²) < 4.78 is 3.56. The molecule has 2 aromatic rings. The lowest BCUT2D eigenvalue weighted by Crippen LogP contribution is -2.26. The number of nitrogens with two attached hydrogens (primary N) is 1. The third-order valence-corrected chi connectivity index (χ3v) is 3.54. The summed E-state index contributed by atoms with van der Waals surface area (Å²) in [7, 11) is 0. The van der Waals surface area contributed by atoms with E-state index in [-0.39, 0.29) is 11.1 Å². The summed E-state index contributed by atoms with van der Waals surface area (Å²) in [4.78, 5) is 27.7. The highest BCUT2D eigenvalue weighted by molar-refractivity contribution is 9.10. The number of aromatic nitrogens is 3. The zero-order chi connectivity index (χ0) is 14.7. The van der Waals surface area contributed by atoms with E-state index in [2.05, 4.69) is 20.9 Å². The molecule has 0 aliphatic rings. The summed E-state index contributed by atoms with van der Waals surface area (Å²) in [6, 6.07) is 3.01. The zero-order valence-electron chi connectivity index (χ0n) is 11.0. The first-order chi connectivity index (χ1) is 9.49. The number of pyridine rings is 1. The molecule has 0 aliphatic heterocycles. The molecule has 0 aliphatic carbocycles. The molecule has 0 saturated heterocycles. The molecule has 6 nitrogen and oxygen atoms in total. The Hall–Kier alpha value is -1.89. The lowest BCUT2D eigenvalue weighted by Gasteiger charge is -2.10. The Labute approximate surface area is 124 Å². The normalized spacial score (nSPS) is 10.7. The first kappa shape index (κ1) is 14.5. The Morgan fingerprint density at radius 3 is 2.80 bits per heavy atom. The Morgan fingerprint density at radius 2 is 2.05 bits per heavy atom. The van der Waals surface area contributed by atoms with Crippen molar-refractivity contribution in [3.8, 4) is 0 Å². The van der Waals surface area contributed by atoms with Gasteiger partial charge >= 0.3 is 0 Å². The van der Waals surface area contributed by atoms with E-state index < -0.39 is 0 Å². The molecule has 0 spiro atoms. The summed E-state index contributed by atoms with van der Waals surface area (Å²) in [5, 5.41) is 0. The molecule has 106 valence electrons. The van der Waals surface area contributed by atoms with E-state index >= 15 is 0 Å². The average Bonchev–Trinajstić information content (AvgIpc) is 2.42. The monoisotopic (exact) mass is 338 g/mol. The molecule has 0 fully saturated rings. The lowest BCUT2D eigenvalue weighted by atomic mass is 10.3. The van der Waals surface area contributed by atoms with Crippen molar-refractivity contribution < 1.29 is 0 Å². The van der Waals surface area contributed by atoms with Crippen LogP contribution in [0.3, 0.4) is 0 Å². The molecule has 2 N–H and O–H groups in total. The fraction of sp³-hybridized carbons (Fsp3) is 0.308. The summed E-state index contributed by atoms with van der Waals surface area (Å²) in [6.45, 7) is 2.78. The van der Waals surface area contributed by atoms with E-state index in [1.165, 1.54) is 12.3 Å². The van der Waals surface area contributed by atoms with Crippen molar-refractivity contribution in [1.82, 2.24) is 14.1 Å². The highest BCUT2D eigenvalue weighted by atomic mass is 79.9. The van der Waals surface area contributed by atoms with Crippen molar-refractivity contribution >= 4 is 21.6 Å². The minimum atomic E-state index is -0.113.